The van der Waals surface area contributed by atoms with Gasteiger partial charge in [-0.05, 0) is 89.8 Å². The second-order valence-corrected chi connectivity index (χ2v) is 10.4. The van der Waals surface area contributed by atoms with Gasteiger partial charge in [0.15, 0.2) is 7.85 Å². The van der Waals surface area contributed by atoms with Crippen molar-refractivity contribution in [2.75, 3.05) is 0 Å². The highest BCUT2D eigenvalue weighted by Gasteiger charge is 2.08. The smallest absolute Gasteiger partial charge is 0.152 e. The molecule has 0 aliphatic heterocycles. The number of hydrogen-bond donors (Lipinski definition) is 0. The average molecular weight is 424 g/mol. The molecule has 0 aliphatic carbocycles. The van der Waals surface area contributed by atoms with Crippen LogP contribution in [0.25, 0.3) is 35.4 Å². The Morgan fingerprint density at radius 2 is 1.43 bits per heavy atom. The molecule has 0 aliphatic rings. The van der Waals surface area contributed by atoms with Crippen LogP contribution in [0.1, 0.15) is 36.9 Å². The van der Waals surface area contributed by atoms with Crippen LogP contribution in [-0.2, 0) is 0 Å². The molecular formula is C27H25BS2. The van der Waals surface area contributed by atoms with E-state index in [-0.39, 0.29) is 0 Å². The summed E-state index contributed by atoms with van der Waals surface area (Å²) in [5.41, 5.74) is 7.65. The molecule has 0 fully saturated rings. The second kappa shape index (κ2) is 9.03. The van der Waals surface area contributed by atoms with Gasteiger partial charge < -0.3 is 0 Å². The van der Waals surface area contributed by atoms with Crippen LogP contribution in [0, 0.1) is 20.8 Å². The minimum Gasteiger partial charge on any atom is -0.152 e. The fraction of sp³-hybridized carbons (Fsp3) is 0.111. The Hall–Kier alpha value is -2.62. The van der Waals surface area contributed by atoms with Crippen molar-refractivity contribution in [3.8, 4) is 11.1 Å². The van der Waals surface area contributed by atoms with Crippen LogP contribution in [0.3, 0.4) is 0 Å². The number of rotatable bonds is 5. The highest BCUT2D eigenvalue weighted by atomic mass is 32.1. The first kappa shape index (κ1) is 20.6. The topological polar surface area (TPSA) is 0 Å². The van der Waals surface area contributed by atoms with E-state index in [1.807, 2.05) is 22.7 Å². The summed E-state index contributed by atoms with van der Waals surface area (Å²) in [5.74, 6) is 0. The van der Waals surface area contributed by atoms with Crippen molar-refractivity contribution in [1.82, 2.24) is 0 Å². The lowest BCUT2D eigenvalue weighted by Gasteiger charge is -2.12. The van der Waals surface area contributed by atoms with Gasteiger partial charge in [-0.1, -0.05) is 54.1 Å². The summed E-state index contributed by atoms with van der Waals surface area (Å²) in [6, 6.07) is 22.2. The average Bonchev–Trinajstić information content (AvgIpc) is 3.34. The van der Waals surface area contributed by atoms with E-state index in [0.717, 1.165) is 0 Å². The summed E-state index contributed by atoms with van der Waals surface area (Å²) < 4.78 is 1.34. The summed E-state index contributed by atoms with van der Waals surface area (Å²) in [6.07, 6.45) is 8.91. The fourth-order valence-electron chi connectivity index (χ4n) is 3.52. The molecule has 0 N–H and O–H groups in total. The molecule has 3 heteroatoms. The Balaban J connectivity index is 1.76. The van der Waals surface area contributed by atoms with Crippen molar-refractivity contribution >= 4 is 59.6 Å². The lowest BCUT2D eigenvalue weighted by Crippen LogP contribution is -1.90. The van der Waals surface area contributed by atoms with Gasteiger partial charge in [0.1, 0.15) is 0 Å². The van der Waals surface area contributed by atoms with Gasteiger partial charge in [-0.3, -0.25) is 0 Å². The van der Waals surface area contributed by atoms with Gasteiger partial charge in [0.05, 0.1) is 0 Å². The van der Waals surface area contributed by atoms with Crippen LogP contribution in [0.2, 0.25) is 0 Å². The summed E-state index contributed by atoms with van der Waals surface area (Å²) >= 11 is 3.65. The van der Waals surface area contributed by atoms with Crippen molar-refractivity contribution in [1.29, 1.82) is 0 Å². The van der Waals surface area contributed by atoms with E-state index in [1.54, 1.807) is 0 Å². The molecule has 4 rings (SSSR count). The Kier molecular flexibility index (Phi) is 6.22. The summed E-state index contributed by atoms with van der Waals surface area (Å²) in [7, 11) is 2.15. The van der Waals surface area contributed by atoms with E-state index in [0.29, 0.717) is 0 Å². The molecule has 30 heavy (non-hydrogen) atoms. The lowest BCUT2D eigenvalue weighted by atomic mass is 9.92. The molecule has 0 unspecified atom stereocenters. The van der Waals surface area contributed by atoms with Crippen LogP contribution in [0.15, 0.2) is 60.7 Å². The number of benzene rings is 2. The van der Waals surface area contributed by atoms with Gasteiger partial charge >= 0.3 is 0 Å². The van der Waals surface area contributed by atoms with Crippen LogP contribution < -0.4 is 4.78 Å². The molecule has 0 spiro atoms. The lowest BCUT2D eigenvalue weighted by molar-refractivity contribution is 1.39. The Morgan fingerprint density at radius 3 is 2.17 bits per heavy atom. The molecule has 0 radical (unpaired) electrons. The van der Waals surface area contributed by atoms with Crippen molar-refractivity contribution < 1.29 is 0 Å². The minimum absolute atomic E-state index is 1.22. The highest BCUT2D eigenvalue weighted by Crippen LogP contribution is 2.31. The number of aryl methyl sites for hydroxylation is 3. The van der Waals surface area contributed by atoms with Crippen molar-refractivity contribution in [3.63, 3.8) is 0 Å². The maximum atomic E-state index is 2.32. The molecule has 2 aromatic carbocycles. The van der Waals surface area contributed by atoms with E-state index in [4.69, 9.17) is 0 Å². The highest BCUT2D eigenvalue weighted by molar-refractivity contribution is 7.20. The SMILES string of the molecule is Bc1ccc(/C=C/c2ccc(/C=C/c3ccc(C)s3)cc2-c2cc(C)ccc2C)s1. The molecule has 0 atom stereocenters. The van der Waals surface area contributed by atoms with Gasteiger partial charge in [0.2, 0.25) is 0 Å². The molecule has 0 amide bonds. The molecular weight excluding hydrogens is 399 g/mol. The maximum Gasteiger partial charge on any atom is 0.152 e. The standard InChI is InChI=1S/C27H25BS2/c1-18-4-5-19(2)25(16-18)26-17-21(8-12-23-11-6-20(3)29-23)7-9-22(26)10-13-24-14-15-27(28)30-24/h4-17H,28H2,1-3H3/b12-8+,13-10+. The first-order valence-corrected chi connectivity index (χ1v) is 11.8. The van der Waals surface area contributed by atoms with E-state index >= 15 is 0 Å². The van der Waals surface area contributed by atoms with Gasteiger partial charge in [-0.25, -0.2) is 0 Å². The van der Waals surface area contributed by atoms with E-state index in [2.05, 4.69) is 114 Å². The van der Waals surface area contributed by atoms with Crippen molar-refractivity contribution in [2.45, 2.75) is 20.8 Å². The van der Waals surface area contributed by atoms with Gasteiger partial charge in [0.25, 0.3) is 0 Å². The van der Waals surface area contributed by atoms with Crippen molar-refractivity contribution in [2.24, 2.45) is 0 Å². The van der Waals surface area contributed by atoms with Crippen molar-refractivity contribution in [3.05, 3.63) is 97.5 Å². The molecule has 0 saturated heterocycles. The van der Waals surface area contributed by atoms with Crippen LogP contribution in [0.5, 0.6) is 0 Å². The molecule has 2 heterocycles. The zero-order valence-corrected chi connectivity index (χ0v) is 19.5. The first-order valence-electron chi connectivity index (χ1n) is 10.2. The quantitative estimate of drug-likeness (QED) is 0.303. The molecule has 0 saturated carbocycles. The van der Waals surface area contributed by atoms with Crippen LogP contribution in [0.4, 0.5) is 0 Å². The number of thiophene rings is 2. The third kappa shape index (κ3) is 4.92. The minimum atomic E-state index is 1.22. The first-order chi connectivity index (χ1) is 14.5. The third-order valence-electron chi connectivity index (χ3n) is 5.15. The maximum absolute atomic E-state index is 2.32. The second-order valence-electron chi connectivity index (χ2n) is 7.73. The van der Waals surface area contributed by atoms with Crippen LogP contribution >= 0.6 is 22.7 Å². The zero-order valence-electron chi connectivity index (χ0n) is 17.9. The van der Waals surface area contributed by atoms with E-state index in [9.17, 15) is 0 Å². The third-order valence-corrected chi connectivity index (χ3v) is 7.08. The Morgan fingerprint density at radius 1 is 0.667 bits per heavy atom. The summed E-state index contributed by atoms with van der Waals surface area (Å²) in [6.45, 7) is 6.51. The summed E-state index contributed by atoms with van der Waals surface area (Å²) in [4.78, 5) is 3.92. The van der Waals surface area contributed by atoms with E-state index in [1.165, 1.54) is 52.8 Å². The predicted molar refractivity (Wildman–Crippen MR) is 141 cm³/mol. The zero-order chi connectivity index (χ0) is 21.1. The predicted octanol–water partition coefficient (Wildman–Crippen LogP) is 7.00. The molecule has 2 aromatic heterocycles. The Bertz CT molecular complexity index is 1240. The fourth-order valence-corrected chi connectivity index (χ4v) is 5.08. The molecule has 0 nitrogen and oxygen atoms in total. The Labute approximate surface area is 188 Å². The van der Waals surface area contributed by atoms with E-state index < -0.39 is 0 Å². The number of hydrogen-bond acceptors (Lipinski definition) is 2. The largest absolute Gasteiger partial charge is 0.152 e. The monoisotopic (exact) mass is 424 g/mol. The molecule has 0 bridgehead atoms. The summed E-state index contributed by atoms with van der Waals surface area (Å²) in [5, 5.41) is 0. The van der Waals surface area contributed by atoms with Crippen LogP contribution in [-0.4, -0.2) is 7.85 Å². The van der Waals surface area contributed by atoms with Gasteiger partial charge in [-0.15, -0.1) is 11.3 Å². The van der Waals surface area contributed by atoms with Gasteiger partial charge in [-0.2, -0.15) is 11.3 Å². The molecule has 148 valence electrons. The van der Waals surface area contributed by atoms with Gasteiger partial charge in [0, 0.05) is 14.6 Å². The normalized spacial score (nSPS) is 11.7. The molecule has 4 aromatic rings.